The standard InChI is InChI=1S/C14H23FN2O2S/c1-4-5-6-12(9-16)17-20(18,19)13-7-10(2)14(15)11(3)8-13/h7-8,12,17H,4-6,9,16H2,1-3H3. The molecule has 1 rings (SSSR count). The average Bonchev–Trinajstić information content (AvgIpc) is 2.40. The lowest BCUT2D eigenvalue weighted by Crippen LogP contribution is -2.40. The Morgan fingerprint density at radius 1 is 1.30 bits per heavy atom. The van der Waals surface area contributed by atoms with Gasteiger partial charge in [-0.2, -0.15) is 0 Å². The van der Waals surface area contributed by atoms with Crippen LogP contribution in [0.2, 0.25) is 0 Å². The highest BCUT2D eigenvalue weighted by molar-refractivity contribution is 7.89. The van der Waals surface area contributed by atoms with Crippen molar-refractivity contribution in [3.8, 4) is 0 Å². The molecule has 0 saturated carbocycles. The Morgan fingerprint density at radius 3 is 2.30 bits per heavy atom. The van der Waals surface area contributed by atoms with Crippen LogP contribution in [0.5, 0.6) is 0 Å². The molecule has 20 heavy (non-hydrogen) atoms. The van der Waals surface area contributed by atoms with Crippen molar-refractivity contribution in [2.45, 2.75) is 51.0 Å². The number of aryl methyl sites for hydroxylation is 2. The minimum absolute atomic E-state index is 0.0869. The molecule has 114 valence electrons. The van der Waals surface area contributed by atoms with Gasteiger partial charge in [0.2, 0.25) is 10.0 Å². The molecule has 0 amide bonds. The fraction of sp³-hybridized carbons (Fsp3) is 0.571. The number of nitrogens with one attached hydrogen (secondary N) is 1. The van der Waals surface area contributed by atoms with Gasteiger partial charge in [-0.05, 0) is 43.5 Å². The summed E-state index contributed by atoms with van der Waals surface area (Å²) in [5, 5.41) is 0. The van der Waals surface area contributed by atoms with Gasteiger partial charge in [0.05, 0.1) is 4.90 Å². The molecule has 0 spiro atoms. The van der Waals surface area contributed by atoms with E-state index in [2.05, 4.69) is 4.72 Å². The van der Waals surface area contributed by atoms with E-state index in [1.54, 1.807) is 13.8 Å². The highest BCUT2D eigenvalue weighted by Crippen LogP contribution is 2.19. The Kier molecular flexibility index (Phi) is 6.10. The summed E-state index contributed by atoms with van der Waals surface area (Å²) < 4.78 is 40.7. The molecule has 0 bridgehead atoms. The second-order valence-corrected chi connectivity index (χ2v) is 6.78. The molecule has 0 saturated heterocycles. The van der Waals surface area contributed by atoms with Crippen LogP contribution in [-0.4, -0.2) is 21.0 Å². The maximum absolute atomic E-state index is 13.6. The van der Waals surface area contributed by atoms with Crippen LogP contribution in [0.3, 0.4) is 0 Å². The Balaban J connectivity index is 2.98. The number of rotatable bonds is 7. The first-order valence-corrected chi connectivity index (χ1v) is 8.29. The van der Waals surface area contributed by atoms with E-state index in [0.717, 1.165) is 12.8 Å². The first-order chi connectivity index (χ1) is 9.31. The number of sulfonamides is 1. The topological polar surface area (TPSA) is 72.2 Å². The van der Waals surface area contributed by atoms with Gasteiger partial charge in [0, 0.05) is 12.6 Å². The maximum Gasteiger partial charge on any atom is 0.240 e. The SMILES string of the molecule is CCCCC(CN)NS(=O)(=O)c1cc(C)c(F)c(C)c1. The molecule has 1 aromatic rings. The van der Waals surface area contributed by atoms with Crippen LogP contribution in [0, 0.1) is 19.7 Å². The zero-order valence-corrected chi connectivity index (χ0v) is 13.1. The maximum atomic E-state index is 13.6. The van der Waals surface area contributed by atoms with Crippen LogP contribution < -0.4 is 10.5 Å². The van der Waals surface area contributed by atoms with Crippen LogP contribution in [0.4, 0.5) is 4.39 Å². The third-order valence-corrected chi connectivity index (χ3v) is 4.73. The number of hydrogen-bond acceptors (Lipinski definition) is 3. The number of benzene rings is 1. The van der Waals surface area contributed by atoms with Crippen molar-refractivity contribution in [2.75, 3.05) is 6.54 Å². The summed E-state index contributed by atoms with van der Waals surface area (Å²) in [6, 6.07) is 2.40. The Hall–Kier alpha value is -0.980. The first kappa shape index (κ1) is 17.1. The molecule has 0 radical (unpaired) electrons. The molecule has 1 unspecified atom stereocenters. The van der Waals surface area contributed by atoms with Crippen molar-refractivity contribution in [3.63, 3.8) is 0 Å². The number of hydrogen-bond donors (Lipinski definition) is 2. The highest BCUT2D eigenvalue weighted by atomic mass is 32.2. The van der Waals surface area contributed by atoms with Gasteiger partial charge in [-0.3, -0.25) is 0 Å². The monoisotopic (exact) mass is 302 g/mol. The Labute approximate surface area is 120 Å². The van der Waals surface area contributed by atoms with Crippen molar-refractivity contribution in [1.82, 2.24) is 4.72 Å². The van der Waals surface area contributed by atoms with E-state index in [1.807, 2.05) is 6.92 Å². The lowest BCUT2D eigenvalue weighted by Gasteiger charge is -2.17. The summed E-state index contributed by atoms with van der Waals surface area (Å²) in [7, 11) is -3.66. The summed E-state index contributed by atoms with van der Waals surface area (Å²) in [6.07, 6.45) is 2.59. The molecule has 0 aliphatic heterocycles. The number of halogens is 1. The van der Waals surface area contributed by atoms with E-state index in [4.69, 9.17) is 5.73 Å². The van der Waals surface area contributed by atoms with Crippen molar-refractivity contribution >= 4 is 10.0 Å². The fourth-order valence-corrected chi connectivity index (χ4v) is 3.48. The van der Waals surface area contributed by atoms with E-state index in [1.165, 1.54) is 12.1 Å². The second-order valence-electron chi connectivity index (χ2n) is 5.07. The highest BCUT2D eigenvalue weighted by Gasteiger charge is 2.20. The molecule has 0 fully saturated rings. The van der Waals surface area contributed by atoms with Gasteiger partial charge in [0.15, 0.2) is 0 Å². The third-order valence-electron chi connectivity index (χ3n) is 3.23. The number of unbranched alkanes of at least 4 members (excludes halogenated alkanes) is 1. The molecule has 0 heterocycles. The smallest absolute Gasteiger partial charge is 0.240 e. The van der Waals surface area contributed by atoms with Gasteiger partial charge < -0.3 is 5.73 Å². The zero-order valence-electron chi connectivity index (χ0n) is 12.2. The molecule has 1 atom stereocenters. The predicted octanol–water partition coefficient (Wildman–Crippen LogP) is 2.24. The van der Waals surface area contributed by atoms with Crippen molar-refractivity contribution in [3.05, 3.63) is 29.1 Å². The van der Waals surface area contributed by atoms with Crippen molar-refractivity contribution in [1.29, 1.82) is 0 Å². The number of nitrogens with two attached hydrogens (primary N) is 1. The van der Waals surface area contributed by atoms with E-state index >= 15 is 0 Å². The summed E-state index contributed by atoms with van der Waals surface area (Å²) in [6.45, 7) is 5.39. The van der Waals surface area contributed by atoms with Crippen LogP contribution >= 0.6 is 0 Å². The lowest BCUT2D eigenvalue weighted by molar-refractivity contribution is 0.516. The summed E-state index contributed by atoms with van der Waals surface area (Å²) in [5.41, 5.74) is 6.24. The van der Waals surface area contributed by atoms with Crippen LogP contribution in [0.1, 0.15) is 37.3 Å². The molecule has 1 aromatic carbocycles. The molecule has 0 aliphatic carbocycles. The summed E-state index contributed by atoms with van der Waals surface area (Å²) in [4.78, 5) is 0.0869. The molecule has 6 heteroatoms. The molecule has 3 N–H and O–H groups in total. The second kappa shape index (κ2) is 7.15. The molecular formula is C14H23FN2O2S. The average molecular weight is 302 g/mol. The molecule has 0 aromatic heterocycles. The third kappa shape index (κ3) is 4.26. The van der Waals surface area contributed by atoms with Crippen LogP contribution in [0.25, 0.3) is 0 Å². The predicted molar refractivity (Wildman–Crippen MR) is 78.6 cm³/mol. The van der Waals surface area contributed by atoms with E-state index < -0.39 is 10.0 Å². The van der Waals surface area contributed by atoms with Gasteiger partial charge in [-0.1, -0.05) is 19.8 Å². The van der Waals surface area contributed by atoms with E-state index in [9.17, 15) is 12.8 Å². The molecular weight excluding hydrogens is 279 g/mol. The Bertz CT molecular complexity index is 535. The summed E-state index contributed by atoms with van der Waals surface area (Å²) in [5.74, 6) is -0.370. The molecule has 0 aliphatic rings. The molecule has 4 nitrogen and oxygen atoms in total. The quantitative estimate of drug-likeness (QED) is 0.811. The normalized spacial score (nSPS) is 13.4. The van der Waals surface area contributed by atoms with Crippen molar-refractivity contribution < 1.29 is 12.8 Å². The van der Waals surface area contributed by atoms with Gasteiger partial charge >= 0.3 is 0 Å². The van der Waals surface area contributed by atoms with E-state index in [-0.39, 0.29) is 23.3 Å². The Morgan fingerprint density at radius 2 is 1.85 bits per heavy atom. The minimum Gasteiger partial charge on any atom is -0.329 e. The van der Waals surface area contributed by atoms with Crippen LogP contribution in [-0.2, 0) is 10.0 Å². The minimum atomic E-state index is -3.66. The van der Waals surface area contributed by atoms with Gasteiger partial charge in [-0.25, -0.2) is 17.5 Å². The zero-order chi connectivity index (χ0) is 15.3. The van der Waals surface area contributed by atoms with E-state index in [0.29, 0.717) is 17.5 Å². The van der Waals surface area contributed by atoms with Gasteiger partial charge in [-0.15, -0.1) is 0 Å². The van der Waals surface area contributed by atoms with Crippen molar-refractivity contribution in [2.24, 2.45) is 5.73 Å². The lowest BCUT2D eigenvalue weighted by atomic mass is 10.1. The van der Waals surface area contributed by atoms with Gasteiger partial charge in [0.25, 0.3) is 0 Å². The van der Waals surface area contributed by atoms with Crippen LogP contribution in [0.15, 0.2) is 17.0 Å². The van der Waals surface area contributed by atoms with Gasteiger partial charge in [0.1, 0.15) is 5.82 Å². The summed E-state index contributed by atoms with van der Waals surface area (Å²) >= 11 is 0. The fourth-order valence-electron chi connectivity index (χ4n) is 2.02. The first-order valence-electron chi connectivity index (χ1n) is 6.81. The largest absolute Gasteiger partial charge is 0.329 e.